The number of nitrogens with zero attached hydrogens (tertiary/aromatic N) is 1. The van der Waals surface area contributed by atoms with Crippen molar-refractivity contribution in [3.63, 3.8) is 0 Å². The highest BCUT2D eigenvalue weighted by Gasteiger charge is 2.54. The zero-order valence-corrected chi connectivity index (χ0v) is 27.2. The van der Waals surface area contributed by atoms with Gasteiger partial charge in [-0.05, 0) is 24.3 Å². The maximum Gasteiger partial charge on any atom is 0.527 e. The summed E-state index contributed by atoms with van der Waals surface area (Å²) in [6, 6.07) is 15.0. The fourth-order valence-electron chi connectivity index (χ4n) is 5.71. The van der Waals surface area contributed by atoms with Gasteiger partial charge < -0.3 is 32.6 Å². The minimum Gasteiger partial charge on any atom is -0.463 e. The van der Waals surface area contributed by atoms with E-state index in [1.54, 1.807) is 30.3 Å². The van der Waals surface area contributed by atoms with E-state index in [9.17, 15) is 28.6 Å². The summed E-state index contributed by atoms with van der Waals surface area (Å²) in [5.41, 5.74) is -1.08. The minimum absolute atomic E-state index is 0.113. The van der Waals surface area contributed by atoms with Gasteiger partial charge in [0.1, 0.15) is 42.0 Å². The third-order valence-electron chi connectivity index (χ3n) is 8.07. The summed E-state index contributed by atoms with van der Waals surface area (Å²) in [5, 5.41) is 0.393. The van der Waals surface area contributed by atoms with Crippen molar-refractivity contribution < 1.29 is 51.4 Å². The molecule has 49 heavy (non-hydrogen) atoms. The van der Waals surface area contributed by atoms with Crippen molar-refractivity contribution in [3.05, 3.63) is 97.9 Å². The Bertz CT molecular complexity index is 2050. The molecule has 6 rings (SSSR count). The number of aromatic nitrogens is 2. The number of aromatic amines is 1. The number of hydrogen-bond acceptors (Lipinski definition) is 13. The third-order valence-corrected chi connectivity index (χ3v) is 9.02. The van der Waals surface area contributed by atoms with Crippen LogP contribution in [0.1, 0.15) is 26.0 Å². The van der Waals surface area contributed by atoms with Crippen molar-refractivity contribution in [1.29, 1.82) is 0 Å². The van der Waals surface area contributed by atoms with Gasteiger partial charge in [-0.2, -0.15) is 0 Å². The number of carbonyl (C=O) groups is 1. The zero-order chi connectivity index (χ0) is 34.8. The predicted octanol–water partition coefficient (Wildman–Crippen LogP) is 2.87. The van der Waals surface area contributed by atoms with Crippen LogP contribution in [-0.2, 0) is 37.6 Å². The molecule has 2 aromatic carbocycles. The van der Waals surface area contributed by atoms with Gasteiger partial charge in [0.05, 0.1) is 18.6 Å². The average molecular weight is 701 g/mol. The molecular weight excluding hydrogens is 667 g/mol. The van der Waals surface area contributed by atoms with E-state index in [1.165, 1.54) is 37.6 Å². The van der Waals surface area contributed by atoms with Crippen LogP contribution >= 0.6 is 7.82 Å². The largest absolute Gasteiger partial charge is 0.527 e. The van der Waals surface area contributed by atoms with Crippen LogP contribution in [0.2, 0.25) is 0 Å². The Balaban J connectivity index is 1.33. The Morgan fingerprint density at radius 3 is 2.57 bits per heavy atom. The van der Waals surface area contributed by atoms with E-state index >= 15 is 0 Å². The molecule has 2 saturated heterocycles. The molecule has 4 aromatic rings. The Kier molecular flexibility index (Phi) is 9.99. The van der Waals surface area contributed by atoms with Crippen molar-refractivity contribution >= 4 is 24.8 Å². The van der Waals surface area contributed by atoms with Crippen molar-refractivity contribution in [2.45, 2.75) is 50.1 Å². The first-order valence-electron chi connectivity index (χ1n) is 15.2. The van der Waals surface area contributed by atoms with Gasteiger partial charge in [0.15, 0.2) is 17.4 Å². The van der Waals surface area contributed by atoms with E-state index in [-0.39, 0.29) is 43.0 Å². The van der Waals surface area contributed by atoms with Crippen LogP contribution in [0.5, 0.6) is 5.75 Å². The van der Waals surface area contributed by atoms with Crippen LogP contribution < -0.4 is 21.2 Å². The van der Waals surface area contributed by atoms with Crippen molar-refractivity contribution in [2.24, 2.45) is 0 Å². The summed E-state index contributed by atoms with van der Waals surface area (Å²) in [6.07, 6.45) is -3.82. The first-order valence-corrected chi connectivity index (χ1v) is 16.7. The van der Waals surface area contributed by atoms with E-state index in [0.717, 1.165) is 17.6 Å². The van der Waals surface area contributed by atoms with Crippen LogP contribution in [0.3, 0.4) is 0 Å². The third kappa shape index (κ3) is 7.76. The lowest BCUT2D eigenvalue weighted by Gasteiger charge is -2.40. The van der Waals surface area contributed by atoms with Crippen LogP contribution in [0.4, 0.5) is 0 Å². The molecule has 0 radical (unpaired) electrons. The van der Waals surface area contributed by atoms with Gasteiger partial charge in [-0.3, -0.25) is 33.4 Å². The molecule has 2 fully saturated rings. The highest BCUT2D eigenvalue weighted by molar-refractivity contribution is 7.47. The van der Waals surface area contributed by atoms with Crippen LogP contribution in [0.15, 0.2) is 85.7 Å². The van der Waals surface area contributed by atoms with Gasteiger partial charge >= 0.3 is 19.5 Å². The number of phosphoric ester groups is 1. The topological polar surface area (TPSA) is 204 Å². The summed E-state index contributed by atoms with van der Waals surface area (Å²) in [5.74, 6) is -1.88. The zero-order valence-electron chi connectivity index (χ0n) is 26.3. The first-order chi connectivity index (χ1) is 23.5. The molecule has 2 aliphatic rings. The molecule has 260 valence electrons. The summed E-state index contributed by atoms with van der Waals surface area (Å²) in [4.78, 5) is 62.5. The Labute approximate surface area is 277 Å². The van der Waals surface area contributed by atoms with Gasteiger partial charge in [0.25, 0.3) is 5.56 Å². The first kappa shape index (κ1) is 34.5. The lowest BCUT2D eigenvalue weighted by atomic mass is 10.1. The number of nitrogens with one attached hydrogen (secondary N) is 1. The molecule has 4 heterocycles. The second-order valence-corrected chi connectivity index (χ2v) is 12.7. The fourth-order valence-corrected chi connectivity index (χ4v) is 6.69. The van der Waals surface area contributed by atoms with Gasteiger partial charge in [0, 0.05) is 50.8 Å². The van der Waals surface area contributed by atoms with E-state index in [2.05, 4.69) is 4.98 Å². The molecule has 0 saturated carbocycles. The molecule has 0 spiro atoms. The molecule has 5 atom stereocenters. The molecule has 2 N–H and O–H groups in total. The maximum absolute atomic E-state index is 13.7. The number of rotatable bonds is 11. The molecule has 1 unspecified atom stereocenters. The van der Waals surface area contributed by atoms with E-state index in [0.29, 0.717) is 16.5 Å². The number of benzene rings is 2. The van der Waals surface area contributed by atoms with Crippen molar-refractivity contribution in [3.8, 4) is 17.1 Å². The molecule has 2 aromatic heterocycles. The van der Waals surface area contributed by atoms with Crippen molar-refractivity contribution in [2.75, 3.05) is 26.9 Å². The minimum atomic E-state index is -5.07. The second-order valence-electron chi connectivity index (χ2n) is 11.3. The number of hydrogen-bond donors (Lipinski definition) is 2. The lowest BCUT2D eigenvalue weighted by Crippen LogP contribution is -2.49. The van der Waals surface area contributed by atoms with E-state index < -0.39 is 62.0 Å². The maximum atomic E-state index is 13.7. The molecule has 17 heteroatoms. The number of para-hydroxylation sites is 1. The Hall–Kier alpha value is -4.41. The summed E-state index contributed by atoms with van der Waals surface area (Å²) in [6.45, 7) is 1.23. The van der Waals surface area contributed by atoms with Crippen LogP contribution in [0, 0.1) is 0 Å². The molecule has 0 bridgehead atoms. The normalized spacial score (nSPS) is 23.2. The fraction of sp³-hybridized carbons (Fsp3) is 0.375. The average Bonchev–Trinajstić information content (AvgIpc) is 3.38. The molecule has 0 amide bonds. The van der Waals surface area contributed by atoms with Crippen molar-refractivity contribution in [1.82, 2.24) is 9.55 Å². The quantitative estimate of drug-likeness (QED) is 0.131. The number of esters is 1. The van der Waals surface area contributed by atoms with E-state index in [4.69, 9.17) is 37.1 Å². The molecule has 2 aliphatic heterocycles. The second kappa shape index (κ2) is 14.2. The van der Waals surface area contributed by atoms with Gasteiger partial charge in [-0.1, -0.05) is 24.3 Å². The summed E-state index contributed by atoms with van der Waals surface area (Å²) < 4.78 is 60.7. The number of methoxy groups -OCH3 is 1. The van der Waals surface area contributed by atoms with Gasteiger partial charge in [-0.15, -0.1) is 0 Å². The van der Waals surface area contributed by atoms with Gasteiger partial charge in [-0.25, -0.2) is 9.36 Å². The Morgan fingerprint density at radius 1 is 1.06 bits per heavy atom. The summed E-state index contributed by atoms with van der Waals surface area (Å²) in [7, 11) is -3.66. The number of ether oxygens (including phenoxy) is 5. The smallest absolute Gasteiger partial charge is 0.463 e. The summed E-state index contributed by atoms with van der Waals surface area (Å²) >= 11 is 0. The highest BCUT2D eigenvalue weighted by Crippen LogP contribution is 2.50. The van der Waals surface area contributed by atoms with Crippen LogP contribution in [0.25, 0.3) is 22.3 Å². The monoisotopic (exact) mass is 700 g/mol. The number of phosphoric acid groups is 1. The number of fused-ring (bicyclic) bond motifs is 1. The standard InChI is InChI=1S/C32H33N2O14P/c1-19(35)43-18-26-28(29(46-32(41-2)11-14-42-15-12-32)30(45-26)34-13-10-27(37)33-31(34)38)48-49(39,40)47-21-7-5-6-20(16-21)25-17-23(36)22-8-3-4-9-24(22)44-25/h3-10,13,16-17,26,28-30H,11-12,14-15,18H2,1-2H3,(H,39,40)(H,33,37,38)/t26-,28-,29-,30-/m1/s1. The molecular formula is C32H33N2O14P. The Morgan fingerprint density at radius 2 is 1.84 bits per heavy atom. The highest BCUT2D eigenvalue weighted by atomic mass is 31.2. The molecule has 16 nitrogen and oxygen atoms in total. The van der Waals surface area contributed by atoms with Crippen LogP contribution in [-0.4, -0.2) is 71.4 Å². The van der Waals surface area contributed by atoms with E-state index in [1.807, 2.05) is 0 Å². The number of H-pyrrole nitrogens is 1. The number of carbonyl (C=O) groups excluding carboxylic acids is 1. The lowest BCUT2D eigenvalue weighted by molar-refractivity contribution is -0.292. The SMILES string of the molecule is COC1(O[C@@H]2[C@H](OP(=O)(O)Oc3cccc(-c4cc(=O)c5ccccc5o4)c3)[C@@H](COC(C)=O)O[C@H]2n2ccc(=O)[nH]c2=O)CCOCC1. The molecule has 0 aliphatic carbocycles. The predicted molar refractivity (Wildman–Crippen MR) is 170 cm³/mol. The van der Waals surface area contributed by atoms with Gasteiger partial charge in [0.2, 0.25) is 0 Å².